The van der Waals surface area contributed by atoms with Crippen molar-refractivity contribution in [3.63, 3.8) is 0 Å². The highest BCUT2D eigenvalue weighted by Crippen LogP contribution is 2.13. The van der Waals surface area contributed by atoms with Crippen LogP contribution < -0.4 is 0 Å². The molecule has 0 spiro atoms. The van der Waals surface area contributed by atoms with Crippen LogP contribution in [0.5, 0.6) is 0 Å². The highest BCUT2D eigenvalue weighted by Gasteiger charge is 1.93. The first-order valence-corrected chi connectivity index (χ1v) is 7.46. The van der Waals surface area contributed by atoms with Gasteiger partial charge >= 0.3 is 0 Å². The van der Waals surface area contributed by atoms with Gasteiger partial charge in [0, 0.05) is 0 Å². The van der Waals surface area contributed by atoms with Crippen LogP contribution in [0.25, 0.3) is 0 Å². The Bertz CT molecular complexity index is 155. The van der Waals surface area contributed by atoms with Gasteiger partial charge in [-0.25, -0.2) is 0 Å². The molecule has 0 nitrogen and oxygen atoms in total. The van der Waals surface area contributed by atoms with Gasteiger partial charge in [0.25, 0.3) is 0 Å². The Morgan fingerprint density at radius 1 is 0.750 bits per heavy atom. The zero-order valence-corrected chi connectivity index (χ0v) is 11.9. The van der Waals surface area contributed by atoms with Crippen molar-refractivity contribution in [2.24, 2.45) is 0 Å². The summed E-state index contributed by atoms with van der Waals surface area (Å²) in [5.74, 6) is 0. The van der Waals surface area contributed by atoms with E-state index >= 15 is 0 Å². The molecule has 0 bridgehead atoms. The number of hydrogen-bond donors (Lipinski definition) is 0. The lowest BCUT2D eigenvalue weighted by atomic mass is 10.0. The maximum Gasteiger partial charge on any atom is -0.0323 e. The minimum atomic E-state index is 1.29. The SMILES string of the molecule is CCCC/C=C(\C)CCCCCCCCC. The van der Waals surface area contributed by atoms with Crippen LogP contribution in [0.1, 0.15) is 91.4 Å². The zero-order chi connectivity index (χ0) is 12.1. The number of rotatable bonds is 11. The summed E-state index contributed by atoms with van der Waals surface area (Å²) in [5, 5.41) is 0. The van der Waals surface area contributed by atoms with Crippen LogP contribution in [0.4, 0.5) is 0 Å². The largest absolute Gasteiger partial charge is 0.0856 e. The van der Waals surface area contributed by atoms with E-state index in [4.69, 9.17) is 0 Å². The molecule has 0 amide bonds. The van der Waals surface area contributed by atoms with E-state index in [-0.39, 0.29) is 0 Å². The van der Waals surface area contributed by atoms with Crippen molar-refractivity contribution in [1.82, 2.24) is 0 Å². The lowest BCUT2D eigenvalue weighted by molar-refractivity contribution is 0.588. The summed E-state index contributed by atoms with van der Waals surface area (Å²) in [6, 6.07) is 0. The van der Waals surface area contributed by atoms with Gasteiger partial charge in [-0.15, -0.1) is 0 Å². The van der Waals surface area contributed by atoms with Crippen molar-refractivity contribution in [3.8, 4) is 0 Å². The van der Waals surface area contributed by atoms with Crippen LogP contribution in [-0.2, 0) is 0 Å². The molecule has 0 atom stereocenters. The first-order chi connectivity index (χ1) is 7.81. The predicted molar refractivity (Wildman–Crippen MR) is 75.9 cm³/mol. The van der Waals surface area contributed by atoms with Crippen LogP contribution in [0.2, 0.25) is 0 Å². The number of unbranched alkanes of at least 4 members (excludes halogenated alkanes) is 8. The van der Waals surface area contributed by atoms with Gasteiger partial charge in [-0.3, -0.25) is 0 Å². The molecule has 0 aromatic rings. The van der Waals surface area contributed by atoms with Gasteiger partial charge in [-0.1, -0.05) is 76.9 Å². The number of allylic oxidation sites excluding steroid dienone is 2. The molecule has 0 aromatic heterocycles. The minimum absolute atomic E-state index is 1.29. The molecule has 0 unspecified atom stereocenters. The molecular weight excluding hydrogens is 192 g/mol. The van der Waals surface area contributed by atoms with Crippen LogP contribution >= 0.6 is 0 Å². The Kier molecular flexibility index (Phi) is 12.6. The first-order valence-electron chi connectivity index (χ1n) is 7.46. The van der Waals surface area contributed by atoms with E-state index in [1.54, 1.807) is 5.57 Å². The second-order valence-corrected chi connectivity index (χ2v) is 5.06. The van der Waals surface area contributed by atoms with Crippen molar-refractivity contribution < 1.29 is 0 Å². The molecule has 0 heteroatoms. The summed E-state index contributed by atoms with van der Waals surface area (Å²) < 4.78 is 0. The summed E-state index contributed by atoms with van der Waals surface area (Å²) in [6.07, 6.45) is 17.7. The smallest absolute Gasteiger partial charge is 0.0323 e. The normalized spacial score (nSPS) is 12.1. The molecule has 0 aliphatic rings. The predicted octanol–water partition coefficient (Wildman–Crippen LogP) is 6.26. The van der Waals surface area contributed by atoms with E-state index in [0.717, 1.165) is 0 Å². The molecule has 0 aliphatic heterocycles. The van der Waals surface area contributed by atoms with E-state index in [1.165, 1.54) is 70.6 Å². The molecular formula is C16H32. The molecule has 0 heterocycles. The fourth-order valence-corrected chi connectivity index (χ4v) is 2.02. The summed E-state index contributed by atoms with van der Waals surface area (Å²) in [6.45, 7) is 6.84. The average molecular weight is 224 g/mol. The molecule has 0 saturated carbocycles. The van der Waals surface area contributed by atoms with E-state index in [2.05, 4.69) is 26.8 Å². The summed E-state index contributed by atoms with van der Waals surface area (Å²) in [7, 11) is 0. The third-order valence-corrected chi connectivity index (χ3v) is 3.23. The summed E-state index contributed by atoms with van der Waals surface area (Å²) >= 11 is 0. The van der Waals surface area contributed by atoms with Crippen molar-refractivity contribution in [2.75, 3.05) is 0 Å². The standard InChI is InChI=1S/C16H32/c1-4-6-8-9-10-11-13-15-16(3)14-12-7-5-2/h14H,4-13,15H2,1-3H3/b16-14+. The Hall–Kier alpha value is -0.260. The average Bonchev–Trinajstić information content (AvgIpc) is 2.28. The molecule has 0 fully saturated rings. The molecule has 0 N–H and O–H groups in total. The van der Waals surface area contributed by atoms with Gasteiger partial charge in [0.15, 0.2) is 0 Å². The Morgan fingerprint density at radius 3 is 1.94 bits per heavy atom. The first kappa shape index (κ1) is 15.7. The second kappa shape index (κ2) is 12.8. The fraction of sp³-hybridized carbons (Fsp3) is 0.875. The molecule has 16 heavy (non-hydrogen) atoms. The third-order valence-electron chi connectivity index (χ3n) is 3.23. The monoisotopic (exact) mass is 224 g/mol. The number of hydrogen-bond acceptors (Lipinski definition) is 0. The van der Waals surface area contributed by atoms with Crippen LogP contribution in [0.15, 0.2) is 11.6 Å². The fourth-order valence-electron chi connectivity index (χ4n) is 2.02. The van der Waals surface area contributed by atoms with Gasteiger partial charge < -0.3 is 0 Å². The topological polar surface area (TPSA) is 0 Å². The zero-order valence-electron chi connectivity index (χ0n) is 11.9. The van der Waals surface area contributed by atoms with Crippen LogP contribution in [-0.4, -0.2) is 0 Å². The van der Waals surface area contributed by atoms with Crippen LogP contribution in [0.3, 0.4) is 0 Å². The lowest BCUT2D eigenvalue weighted by Gasteiger charge is -2.02. The molecule has 0 aromatic carbocycles. The Labute approximate surface area is 104 Å². The maximum absolute atomic E-state index is 2.45. The van der Waals surface area contributed by atoms with Crippen molar-refractivity contribution in [3.05, 3.63) is 11.6 Å². The van der Waals surface area contributed by atoms with E-state index in [1.807, 2.05) is 0 Å². The highest BCUT2D eigenvalue weighted by molar-refractivity contribution is 4.97. The Balaban J connectivity index is 3.20. The van der Waals surface area contributed by atoms with E-state index < -0.39 is 0 Å². The van der Waals surface area contributed by atoms with Gasteiger partial charge in [-0.05, 0) is 26.2 Å². The second-order valence-electron chi connectivity index (χ2n) is 5.06. The van der Waals surface area contributed by atoms with Gasteiger partial charge in [0.2, 0.25) is 0 Å². The molecule has 0 aliphatic carbocycles. The lowest BCUT2D eigenvalue weighted by Crippen LogP contribution is -1.82. The van der Waals surface area contributed by atoms with E-state index in [0.29, 0.717) is 0 Å². The molecule has 0 rings (SSSR count). The Morgan fingerprint density at radius 2 is 1.31 bits per heavy atom. The van der Waals surface area contributed by atoms with Gasteiger partial charge in [0.05, 0.1) is 0 Å². The van der Waals surface area contributed by atoms with Crippen molar-refractivity contribution >= 4 is 0 Å². The minimum Gasteiger partial charge on any atom is -0.0856 e. The van der Waals surface area contributed by atoms with E-state index in [9.17, 15) is 0 Å². The maximum atomic E-state index is 2.45. The molecule has 0 radical (unpaired) electrons. The van der Waals surface area contributed by atoms with Gasteiger partial charge in [0.1, 0.15) is 0 Å². The summed E-state index contributed by atoms with van der Waals surface area (Å²) in [4.78, 5) is 0. The summed E-state index contributed by atoms with van der Waals surface area (Å²) in [5.41, 5.74) is 1.61. The third kappa shape index (κ3) is 11.8. The molecule has 96 valence electrons. The van der Waals surface area contributed by atoms with Crippen LogP contribution in [0, 0.1) is 0 Å². The van der Waals surface area contributed by atoms with Gasteiger partial charge in [-0.2, -0.15) is 0 Å². The highest BCUT2D eigenvalue weighted by atomic mass is 14.0. The van der Waals surface area contributed by atoms with Crippen molar-refractivity contribution in [2.45, 2.75) is 91.4 Å². The molecule has 0 saturated heterocycles. The quantitative estimate of drug-likeness (QED) is 0.287. The van der Waals surface area contributed by atoms with Crippen molar-refractivity contribution in [1.29, 1.82) is 0 Å².